The van der Waals surface area contributed by atoms with Crippen LogP contribution in [0.2, 0.25) is 39.3 Å². The number of imidazole rings is 1. The summed E-state index contributed by atoms with van der Waals surface area (Å²) in [5.74, 6) is 1.06. The standard InChI is InChI=1S/C39H34N4O2Si2.Pt/c1-46(2,3)26-19-17-25(18-20-26)29-14-10-16-35(40-29)45-39-34(47(4,5)6)22-21-30(42-39)27-11-9-12-28-36-33(44-37(27)28)23-24-43-32-15-8-7-13-31(32)41-38(36)43;/h7-10,12-17,19-24H,1-6H3;/q-2;+2. The third kappa shape index (κ3) is 5.62. The van der Waals surface area contributed by atoms with Gasteiger partial charge in [0.25, 0.3) is 0 Å². The predicted molar refractivity (Wildman–Crippen MR) is 197 cm³/mol. The van der Waals surface area contributed by atoms with Gasteiger partial charge in [0.05, 0.1) is 30.1 Å². The van der Waals surface area contributed by atoms with E-state index < -0.39 is 16.1 Å². The van der Waals surface area contributed by atoms with Crippen LogP contribution in [0.15, 0.2) is 102 Å². The van der Waals surface area contributed by atoms with Crippen molar-refractivity contribution in [2.75, 3.05) is 0 Å². The summed E-state index contributed by atoms with van der Waals surface area (Å²) in [4.78, 5) is 15.0. The Morgan fingerprint density at radius 1 is 0.750 bits per heavy atom. The molecule has 0 saturated carbocycles. The van der Waals surface area contributed by atoms with Gasteiger partial charge in [0, 0.05) is 14.3 Å². The van der Waals surface area contributed by atoms with Crippen LogP contribution in [-0.4, -0.2) is 35.5 Å². The molecule has 0 aliphatic heterocycles. The topological polar surface area (TPSA) is 65.5 Å². The Morgan fingerprint density at radius 2 is 1.58 bits per heavy atom. The molecule has 8 aromatic rings. The van der Waals surface area contributed by atoms with Gasteiger partial charge in [0.15, 0.2) is 0 Å². The van der Waals surface area contributed by atoms with Crippen molar-refractivity contribution >= 4 is 65.1 Å². The molecule has 0 spiro atoms. The van der Waals surface area contributed by atoms with Gasteiger partial charge in [0.2, 0.25) is 11.8 Å². The largest absolute Gasteiger partial charge is 2.00 e. The van der Waals surface area contributed by atoms with Gasteiger partial charge in [-0.15, -0.1) is 53.2 Å². The first-order valence-corrected chi connectivity index (χ1v) is 22.9. The van der Waals surface area contributed by atoms with E-state index in [4.69, 9.17) is 24.1 Å². The van der Waals surface area contributed by atoms with Crippen LogP contribution in [0.1, 0.15) is 0 Å². The molecule has 0 radical (unpaired) electrons. The molecule has 0 N–H and O–H groups in total. The van der Waals surface area contributed by atoms with Crippen molar-refractivity contribution in [1.82, 2.24) is 19.4 Å². The summed E-state index contributed by atoms with van der Waals surface area (Å²) >= 11 is 0. The Kier molecular flexibility index (Phi) is 8.02. The quantitative estimate of drug-likeness (QED) is 0.124. The number of para-hydroxylation sites is 2. The number of furan rings is 1. The molecular weight excluding hydrogens is 808 g/mol. The maximum atomic E-state index is 6.55. The first-order valence-electron chi connectivity index (χ1n) is 15.9. The number of fused-ring (bicyclic) bond motifs is 7. The molecule has 9 heteroatoms. The molecule has 0 amide bonds. The number of hydrogen-bond donors (Lipinski definition) is 0. The molecule has 240 valence electrons. The molecular formula is C39H34N4O2PtSi2. The van der Waals surface area contributed by atoms with Crippen molar-refractivity contribution in [2.45, 2.75) is 39.3 Å². The van der Waals surface area contributed by atoms with Gasteiger partial charge < -0.3 is 9.15 Å². The molecule has 6 nitrogen and oxygen atoms in total. The Labute approximate surface area is 296 Å². The van der Waals surface area contributed by atoms with Crippen LogP contribution in [0, 0.1) is 12.1 Å². The van der Waals surface area contributed by atoms with E-state index in [2.05, 4.69) is 92.2 Å². The maximum Gasteiger partial charge on any atom is 2.00 e. The Morgan fingerprint density at radius 3 is 2.35 bits per heavy atom. The monoisotopic (exact) mass is 841 g/mol. The second kappa shape index (κ2) is 12.0. The minimum Gasteiger partial charge on any atom is -0.500 e. The minimum atomic E-state index is -1.85. The number of aromatic nitrogens is 4. The van der Waals surface area contributed by atoms with Gasteiger partial charge in [-0.1, -0.05) is 86.6 Å². The van der Waals surface area contributed by atoms with E-state index in [1.165, 1.54) is 5.19 Å². The van der Waals surface area contributed by atoms with Gasteiger partial charge in [-0.05, 0) is 40.8 Å². The fourth-order valence-electron chi connectivity index (χ4n) is 6.13. The van der Waals surface area contributed by atoms with Gasteiger partial charge in [-0.3, -0.25) is 14.4 Å². The Hall–Kier alpha value is -4.37. The smallest absolute Gasteiger partial charge is 0.500 e. The third-order valence-corrected chi connectivity index (χ3v) is 12.7. The normalized spacial score (nSPS) is 12.2. The van der Waals surface area contributed by atoms with E-state index >= 15 is 0 Å². The van der Waals surface area contributed by atoms with Crippen molar-refractivity contribution in [2.24, 2.45) is 0 Å². The fourth-order valence-corrected chi connectivity index (χ4v) is 8.55. The average Bonchev–Trinajstić information content (AvgIpc) is 3.62. The van der Waals surface area contributed by atoms with E-state index in [0.29, 0.717) is 11.8 Å². The van der Waals surface area contributed by atoms with E-state index in [9.17, 15) is 0 Å². The van der Waals surface area contributed by atoms with Crippen LogP contribution < -0.4 is 15.1 Å². The van der Waals surface area contributed by atoms with Crippen molar-refractivity contribution in [1.29, 1.82) is 0 Å². The summed E-state index contributed by atoms with van der Waals surface area (Å²) in [5.41, 5.74) is 7.62. The molecule has 8 rings (SSSR count). The molecule has 0 fully saturated rings. The SMILES string of the molecule is C[Si](C)(C)c1c[c-]c(-c2cccc(Oc3nc(-c4[c-]ccc5c4oc4ccn6c7ccccc7nc6c45)ccc3[Si](C)(C)C)n2)cc1.[Pt+2]. The van der Waals surface area contributed by atoms with E-state index in [-0.39, 0.29) is 21.1 Å². The number of benzene rings is 3. The summed E-state index contributed by atoms with van der Waals surface area (Å²) in [7, 11) is -3.26. The second-order valence-corrected chi connectivity index (χ2v) is 24.2. The molecule has 0 aliphatic rings. The molecule has 0 saturated heterocycles. The summed E-state index contributed by atoms with van der Waals surface area (Å²) in [6, 6.07) is 37.5. The zero-order valence-electron chi connectivity index (χ0n) is 27.7. The minimum absolute atomic E-state index is 0. The number of nitrogens with zero attached hydrogens (tertiary/aromatic N) is 4. The van der Waals surface area contributed by atoms with Gasteiger partial charge in [0.1, 0.15) is 11.2 Å². The average molecular weight is 842 g/mol. The number of hydrogen-bond acceptors (Lipinski definition) is 5. The van der Waals surface area contributed by atoms with Gasteiger partial charge >= 0.3 is 21.1 Å². The molecule has 5 aromatic heterocycles. The number of pyridine rings is 3. The molecule has 48 heavy (non-hydrogen) atoms. The Bertz CT molecular complexity index is 2470. The van der Waals surface area contributed by atoms with Gasteiger partial charge in [-0.2, -0.15) is 0 Å². The van der Waals surface area contributed by atoms with Gasteiger partial charge in [-0.25, -0.2) is 4.98 Å². The van der Waals surface area contributed by atoms with Crippen LogP contribution in [0.4, 0.5) is 0 Å². The first-order chi connectivity index (χ1) is 22.5. The van der Waals surface area contributed by atoms with E-state index in [1.54, 1.807) is 0 Å². The zero-order chi connectivity index (χ0) is 32.5. The molecule has 0 unspecified atom stereocenters. The van der Waals surface area contributed by atoms with E-state index in [1.807, 2.05) is 60.8 Å². The predicted octanol–water partition coefficient (Wildman–Crippen LogP) is 8.99. The summed E-state index contributed by atoms with van der Waals surface area (Å²) in [5, 5.41) is 4.43. The number of ether oxygens (including phenoxy) is 1. The van der Waals surface area contributed by atoms with Crippen LogP contribution in [0.5, 0.6) is 11.8 Å². The molecule has 0 atom stereocenters. The van der Waals surface area contributed by atoms with Crippen LogP contribution in [0.3, 0.4) is 0 Å². The molecule has 0 aliphatic carbocycles. The van der Waals surface area contributed by atoms with E-state index in [0.717, 1.165) is 66.3 Å². The summed E-state index contributed by atoms with van der Waals surface area (Å²) < 4.78 is 15.2. The maximum absolute atomic E-state index is 6.55. The fraction of sp³-hybridized carbons (Fsp3) is 0.154. The molecule has 5 heterocycles. The Balaban J connectivity index is 0.00000364. The van der Waals surface area contributed by atoms with Crippen LogP contribution >= 0.6 is 0 Å². The molecule has 0 bridgehead atoms. The summed E-state index contributed by atoms with van der Waals surface area (Å²) in [6.45, 7) is 13.9. The van der Waals surface area contributed by atoms with Crippen molar-refractivity contribution in [3.8, 4) is 34.3 Å². The molecule has 3 aromatic carbocycles. The third-order valence-electron chi connectivity index (χ3n) is 8.68. The van der Waals surface area contributed by atoms with Crippen LogP contribution in [0.25, 0.3) is 61.1 Å². The number of rotatable bonds is 6. The first kappa shape index (κ1) is 32.2. The van der Waals surface area contributed by atoms with Crippen molar-refractivity contribution in [3.63, 3.8) is 0 Å². The second-order valence-electron chi connectivity index (χ2n) is 14.1. The van der Waals surface area contributed by atoms with Crippen molar-refractivity contribution in [3.05, 3.63) is 109 Å². The van der Waals surface area contributed by atoms with Crippen LogP contribution in [-0.2, 0) is 21.1 Å². The van der Waals surface area contributed by atoms with Crippen molar-refractivity contribution < 1.29 is 30.2 Å². The zero-order valence-corrected chi connectivity index (χ0v) is 31.9. The summed E-state index contributed by atoms with van der Waals surface area (Å²) in [6.07, 6.45) is 2.02.